The van der Waals surface area contributed by atoms with E-state index < -0.39 is 22.6 Å². The molecule has 0 radical (unpaired) electrons. The van der Waals surface area contributed by atoms with Gasteiger partial charge in [-0.3, -0.25) is 10.2 Å². The number of aromatic nitrogens is 2. The molecule has 0 spiro atoms. The fourth-order valence-corrected chi connectivity index (χ4v) is 5.85. The predicted octanol–water partition coefficient (Wildman–Crippen LogP) is 4.69. The molecule has 0 bridgehead atoms. The van der Waals surface area contributed by atoms with Crippen LogP contribution in [0.4, 0.5) is 16.3 Å². The van der Waals surface area contributed by atoms with Crippen LogP contribution in [0.1, 0.15) is 25.1 Å². The van der Waals surface area contributed by atoms with Gasteiger partial charge in [-0.05, 0) is 31.2 Å². The van der Waals surface area contributed by atoms with Crippen molar-refractivity contribution in [1.82, 2.24) is 14.7 Å². The first-order chi connectivity index (χ1) is 19.7. The average Bonchev–Trinajstić information content (AvgIpc) is 3.40. The lowest BCUT2D eigenvalue weighted by Crippen LogP contribution is -2.42. The first-order valence-electron chi connectivity index (χ1n) is 13.8. The van der Waals surface area contributed by atoms with Gasteiger partial charge in [-0.15, -0.1) is 0 Å². The van der Waals surface area contributed by atoms with Crippen LogP contribution in [0.3, 0.4) is 0 Å². The van der Waals surface area contributed by atoms with Crippen molar-refractivity contribution in [3.8, 4) is 11.4 Å². The number of fused-ring (bicyclic) bond motifs is 1. The summed E-state index contributed by atoms with van der Waals surface area (Å²) in [5, 5.41) is 22.3. The minimum Gasteiger partial charge on any atom is -0.616 e. The van der Waals surface area contributed by atoms with Crippen molar-refractivity contribution in [3.05, 3.63) is 78.0 Å². The highest BCUT2D eigenvalue weighted by molar-refractivity contribution is 7.91. The average molecular weight is 576 g/mol. The Hall–Kier alpha value is -3.57. The number of anilines is 2. The molecule has 0 unspecified atom stereocenters. The van der Waals surface area contributed by atoms with E-state index in [4.69, 9.17) is 9.84 Å². The van der Waals surface area contributed by atoms with E-state index in [0.717, 1.165) is 58.9 Å². The number of hydrogen-bond donors (Lipinski definition) is 3. The summed E-state index contributed by atoms with van der Waals surface area (Å²) in [6.07, 6.45) is 0. The van der Waals surface area contributed by atoms with E-state index in [-0.39, 0.29) is 6.61 Å². The van der Waals surface area contributed by atoms with Gasteiger partial charge in [-0.1, -0.05) is 67.0 Å². The lowest BCUT2D eigenvalue weighted by molar-refractivity contribution is 0.215. The molecule has 0 saturated carbocycles. The summed E-state index contributed by atoms with van der Waals surface area (Å²) in [5.74, 6) is 2.68. The Balaban J connectivity index is 1.32. The molecule has 41 heavy (non-hydrogen) atoms. The highest BCUT2D eigenvalue weighted by atomic mass is 32.2. The Labute approximate surface area is 243 Å². The highest BCUT2D eigenvalue weighted by Crippen LogP contribution is 2.32. The molecule has 1 fully saturated rings. The molecule has 1 aliphatic heterocycles. The van der Waals surface area contributed by atoms with Crippen molar-refractivity contribution in [1.29, 1.82) is 0 Å². The molecule has 0 aliphatic carbocycles. The third-order valence-electron chi connectivity index (χ3n) is 7.39. The second kappa shape index (κ2) is 12.5. The third kappa shape index (κ3) is 6.84. The lowest BCUT2D eigenvalue weighted by Gasteiger charge is -2.27. The van der Waals surface area contributed by atoms with Crippen molar-refractivity contribution < 1.29 is 19.2 Å². The molecule has 3 N–H and O–H groups in total. The highest BCUT2D eigenvalue weighted by Gasteiger charge is 2.26. The molecule has 10 heteroatoms. The molecule has 1 saturated heterocycles. The van der Waals surface area contributed by atoms with Gasteiger partial charge in [-0.25, -0.2) is 9.48 Å². The van der Waals surface area contributed by atoms with E-state index in [1.165, 1.54) is 0 Å². The monoisotopic (exact) mass is 575 g/mol. The number of hydrogen-bond acceptors (Lipinski definition) is 6. The maximum absolute atomic E-state index is 13.3. The van der Waals surface area contributed by atoms with Crippen molar-refractivity contribution >= 4 is 39.5 Å². The van der Waals surface area contributed by atoms with Crippen LogP contribution in [0, 0.1) is 6.92 Å². The Kier molecular flexibility index (Phi) is 8.84. The summed E-state index contributed by atoms with van der Waals surface area (Å²) in [5.41, 5.74) is 2.66. The molecule has 0 atom stereocenters. The summed E-state index contributed by atoms with van der Waals surface area (Å²) >= 11 is -0.695. The topological polar surface area (TPSA) is 115 Å². The maximum atomic E-state index is 13.3. The molecule has 3 aromatic carbocycles. The Morgan fingerprint density at radius 3 is 2.46 bits per heavy atom. The van der Waals surface area contributed by atoms with E-state index >= 15 is 0 Å². The van der Waals surface area contributed by atoms with Gasteiger partial charge in [0.2, 0.25) is 0 Å². The minimum atomic E-state index is -0.695. The molecule has 2 amide bonds. The van der Waals surface area contributed by atoms with Crippen LogP contribution in [0.15, 0.2) is 66.7 Å². The van der Waals surface area contributed by atoms with Gasteiger partial charge >= 0.3 is 6.03 Å². The summed E-state index contributed by atoms with van der Waals surface area (Å²) in [6.45, 7) is 8.71. The second-order valence-corrected chi connectivity index (χ2v) is 12.7. The van der Waals surface area contributed by atoms with Crippen LogP contribution in [-0.4, -0.2) is 74.7 Å². The van der Waals surface area contributed by atoms with Gasteiger partial charge in [-0.2, -0.15) is 5.10 Å². The number of aliphatic hydroxyl groups excluding tert-OH is 1. The standard InChI is InChI=1S/C31H37N5O4S/c1-22-8-10-23(11-9-22)36-29(20-28(34-36)31(2,3)21-37)33-30(38)32-26-12-13-27(25-7-5-4-6-24(25)26)40-17-14-35-15-18-41(39)19-16-35/h4-13,20,37H,14-19,21H2,1-3H3,(H2,32,33,38). The van der Waals surface area contributed by atoms with Crippen LogP contribution < -0.4 is 15.4 Å². The number of ether oxygens (including phenoxy) is 1. The number of aryl methyl sites for hydroxylation is 1. The maximum Gasteiger partial charge on any atom is 0.324 e. The van der Waals surface area contributed by atoms with E-state index in [1.807, 2.05) is 81.4 Å². The molecule has 2 heterocycles. The summed E-state index contributed by atoms with van der Waals surface area (Å²) in [6, 6.07) is 20.8. The van der Waals surface area contributed by atoms with Gasteiger partial charge in [0.05, 0.1) is 23.7 Å². The number of benzene rings is 3. The zero-order chi connectivity index (χ0) is 29.0. The first kappa shape index (κ1) is 28.9. The quantitative estimate of drug-likeness (QED) is 0.250. The van der Waals surface area contributed by atoms with Gasteiger partial charge < -0.3 is 19.7 Å². The number of nitrogens with one attached hydrogen (secondary N) is 2. The van der Waals surface area contributed by atoms with E-state index in [2.05, 4.69) is 15.5 Å². The van der Waals surface area contributed by atoms with Crippen LogP contribution in [0.5, 0.6) is 5.75 Å². The second-order valence-electron chi connectivity index (χ2n) is 11.0. The van der Waals surface area contributed by atoms with Gasteiger partial charge in [0.25, 0.3) is 0 Å². The third-order valence-corrected chi connectivity index (χ3v) is 8.66. The van der Waals surface area contributed by atoms with E-state index in [0.29, 0.717) is 23.8 Å². The Morgan fingerprint density at radius 2 is 1.76 bits per heavy atom. The van der Waals surface area contributed by atoms with E-state index in [1.54, 1.807) is 10.7 Å². The van der Waals surface area contributed by atoms with Crippen LogP contribution in [-0.2, 0) is 16.6 Å². The number of nitrogens with zero attached hydrogens (tertiary/aromatic N) is 3. The number of carbonyl (C=O) groups is 1. The molecule has 5 rings (SSSR count). The minimum absolute atomic E-state index is 0.0805. The van der Waals surface area contributed by atoms with Crippen LogP contribution >= 0.6 is 0 Å². The summed E-state index contributed by atoms with van der Waals surface area (Å²) in [7, 11) is 0. The number of aliphatic hydroxyl groups is 1. The predicted molar refractivity (Wildman–Crippen MR) is 165 cm³/mol. The van der Waals surface area contributed by atoms with Crippen LogP contribution in [0.25, 0.3) is 16.5 Å². The molecule has 1 aromatic heterocycles. The number of urea groups is 1. The van der Waals surface area contributed by atoms with E-state index in [9.17, 15) is 14.5 Å². The van der Waals surface area contributed by atoms with Gasteiger partial charge in [0.15, 0.2) is 0 Å². The smallest absolute Gasteiger partial charge is 0.324 e. The molecule has 1 aliphatic rings. The van der Waals surface area contributed by atoms with Gasteiger partial charge in [0.1, 0.15) is 29.7 Å². The van der Waals surface area contributed by atoms with Crippen molar-refractivity contribution in [2.24, 2.45) is 0 Å². The Bertz CT molecular complexity index is 1500. The zero-order valence-electron chi connectivity index (χ0n) is 23.7. The lowest BCUT2D eigenvalue weighted by atomic mass is 9.91. The summed E-state index contributed by atoms with van der Waals surface area (Å²) < 4.78 is 19.4. The van der Waals surface area contributed by atoms with Gasteiger partial charge in [0, 0.05) is 41.9 Å². The SMILES string of the molecule is Cc1ccc(-n2nc(C(C)(C)CO)cc2NC(=O)Nc2ccc(OCCN3CC[S+]([O-])CC3)c3ccccc23)cc1. The molecule has 9 nitrogen and oxygen atoms in total. The fraction of sp³-hybridized carbons (Fsp3) is 0.355. The fourth-order valence-electron chi connectivity index (χ4n) is 4.72. The van der Waals surface area contributed by atoms with Crippen LogP contribution in [0.2, 0.25) is 0 Å². The molecule has 216 valence electrons. The Morgan fingerprint density at radius 1 is 1.05 bits per heavy atom. The largest absolute Gasteiger partial charge is 0.616 e. The number of amides is 2. The number of carbonyl (C=O) groups excluding carboxylic acids is 1. The zero-order valence-corrected chi connectivity index (χ0v) is 24.5. The molecular formula is C31H37N5O4S. The number of rotatable bonds is 9. The molecule has 4 aromatic rings. The molecular weight excluding hydrogens is 538 g/mol. The normalized spacial score (nSPS) is 14.8. The van der Waals surface area contributed by atoms with Crippen molar-refractivity contribution in [2.45, 2.75) is 26.2 Å². The first-order valence-corrected chi connectivity index (χ1v) is 15.3. The van der Waals surface area contributed by atoms with Crippen molar-refractivity contribution in [3.63, 3.8) is 0 Å². The summed E-state index contributed by atoms with van der Waals surface area (Å²) in [4.78, 5) is 15.6. The van der Waals surface area contributed by atoms with Crippen molar-refractivity contribution in [2.75, 3.05) is 55.0 Å².